The molecule has 2 aromatic rings. The number of halogens is 1. The fraction of sp³-hybridized carbons (Fsp3) is 0.261. The van der Waals surface area contributed by atoms with Gasteiger partial charge in [0.05, 0.1) is 18.0 Å². The Kier molecular flexibility index (Phi) is 5.70. The van der Waals surface area contributed by atoms with E-state index in [9.17, 15) is 18.8 Å². The molecule has 0 spiro atoms. The van der Waals surface area contributed by atoms with E-state index >= 15 is 0 Å². The Balaban J connectivity index is 1.64. The van der Waals surface area contributed by atoms with Crippen molar-refractivity contribution in [1.82, 2.24) is 5.32 Å². The number of barbiturate groups is 1. The molecule has 0 bridgehead atoms. The Morgan fingerprint density at radius 3 is 2.58 bits per heavy atom. The maximum Gasteiger partial charge on any atom is 0.335 e. The third-order valence-corrected chi connectivity index (χ3v) is 5.22. The summed E-state index contributed by atoms with van der Waals surface area (Å²) < 4.78 is 20.1. The summed E-state index contributed by atoms with van der Waals surface area (Å²) in [5, 5.41) is 2.17. The van der Waals surface area contributed by atoms with Gasteiger partial charge in [0.1, 0.15) is 17.1 Å². The van der Waals surface area contributed by atoms with Gasteiger partial charge in [-0.3, -0.25) is 14.9 Å². The summed E-state index contributed by atoms with van der Waals surface area (Å²) >= 11 is 0. The van der Waals surface area contributed by atoms with Gasteiger partial charge in [-0.1, -0.05) is 12.1 Å². The predicted octanol–water partition coefficient (Wildman–Crippen LogP) is 3.49. The first kappa shape index (κ1) is 20.6. The van der Waals surface area contributed by atoms with Gasteiger partial charge >= 0.3 is 6.03 Å². The number of benzene rings is 2. The molecule has 2 aliphatic heterocycles. The van der Waals surface area contributed by atoms with Crippen LogP contribution in [0.3, 0.4) is 0 Å². The molecule has 2 saturated heterocycles. The van der Waals surface area contributed by atoms with Crippen LogP contribution in [0, 0.1) is 5.82 Å². The van der Waals surface area contributed by atoms with E-state index in [1.54, 1.807) is 36.4 Å². The molecule has 2 aromatic carbocycles. The third kappa shape index (κ3) is 4.14. The minimum Gasteiger partial charge on any atom is -0.494 e. The molecule has 0 atom stereocenters. The highest BCUT2D eigenvalue weighted by atomic mass is 19.1. The zero-order valence-electron chi connectivity index (χ0n) is 17.1. The molecule has 0 unspecified atom stereocenters. The van der Waals surface area contributed by atoms with Gasteiger partial charge in [-0.25, -0.2) is 14.1 Å². The zero-order valence-corrected chi connectivity index (χ0v) is 17.1. The third-order valence-electron chi connectivity index (χ3n) is 5.22. The number of urea groups is 1. The topological polar surface area (TPSA) is 79.0 Å². The molecule has 1 N–H and O–H groups in total. The van der Waals surface area contributed by atoms with Crippen molar-refractivity contribution in [2.75, 3.05) is 29.5 Å². The van der Waals surface area contributed by atoms with Crippen molar-refractivity contribution in [2.45, 2.75) is 19.8 Å². The first-order valence-corrected chi connectivity index (χ1v) is 10.2. The van der Waals surface area contributed by atoms with Gasteiger partial charge in [0.15, 0.2) is 0 Å². The van der Waals surface area contributed by atoms with Crippen LogP contribution in [0.2, 0.25) is 0 Å². The van der Waals surface area contributed by atoms with Gasteiger partial charge < -0.3 is 9.64 Å². The van der Waals surface area contributed by atoms with Crippen LogP contribution in [-0.2, 0) is 9.59 Å². The standard InChI is InChI=1S/C23H22FN3O4/c1-2-31-17-7-5-6-16(14-17)27-22(29)18(21(28)25-23(27)30)12-15-8-9-20(19(24)13-15)26-10-3-4-11-26/h5-9,12-14H,2-4,10-11H2,1H3,(H,25,28,30)/b18-12+. The Hall–Kier alpha value is -3.68. The van der Waals surface area contributed by atoms with Crippen LogP contribution in [0.5, 0.6) is 5.75 Å². The lowest BCUT2D eigenvalue weighted by Crippen LogP contribution is -2.54. The lowest BCUT2D eigenvalue weighted by atomic mass is 10.1. The van der Waals surface area contributed by atoms with Crippen LogP contribution >= 0.6 is 0 Å². The lowest BCUT2D eigenvalue weighted by molar-refractivity contribution is -0.122. The molecule has 2 fully saturated rings. The average molecular weight is 423 g/mol. The van der Waals surface area contributed by atoms with Crippen molar-refractivity contribution >= 4 is 35.3 Å². The van der Waals surface area contributed by atoms with E-state index in [2.05, 4.69) is 5.32 Å². The van der Waals surface area contributed by atoms with Crippen molar-refractivity contribution in [3.05, 3.63) is 59.4 Å². The fourth-order valence-corrected chi connectivity index (χ4v) is 3.77. The van der Waals surface area contributed by atoms with Crippen molar-refractivity contribution in [1.29, 1.82) is 0 Å². The first-order chi connectivity index (χ1) is 15.0. The van der Waals surface area contributed by atoms with Crippen LogP contribution in [0.15, 0.2) is 48.0 Å². The number of carbonyl (C=O) groups is 3. The highest BCUT2D eigenvalue weighted by Crippen LogP contribution is 2.28. The van der Waals surface area contributed by atoms with E-state index in [0.29, 0.717) is 23.6 Å². The smallest absolute Gasteiger partial charge is 0.335 e. The fourth-order valence-electron chi connectivity index (χ4n) is 3.77. The monoisotopic (exact) mass is 423 g/mol. The van der Waals surface area contributed by atoms with Gasteiger partial charge in [-0.2, -0.15) is 0 Å². The number of hydrogen-bond acceptors (Lipinski definition) is 5. The van der Waals surface area contributed by atoms with Crippen molar-refractivity contribution in [2.24, 2.45) is 0 Å². The number of ether oxygens (including phenoxy) is 1. The van der Waals surface area contributed by atoms with Crippen LogP contribution in [-0.4, -0.2) is 37.5 Å². The van der Waals surface area contributed by atoms with Gasteiger partial charge in [0, 0.05) is 19.2 Å². The first-order valence-electron chi connectivity index (χ1n) is 10.2. The Morgan fingerprint density at radius 2 is 1.87 bits per heavy atom. The minimum atomic E-state index is -0.851. The summed E-state index contributed by atoms with van der Waals surface area (Å²) in [7, 11) is 0. The number of imide groups is 2. The number of anilines is 2. The number of nitrogens with one attached hydrogen (secondary N) is 1. The van der Waals surface area contributed by atoms with E-state index in [1.165, 1.54) is 12.1 Å². The molecule has 8 heteroatoms. The molecule has 0 aliphatic carbocycles. The number of carbonyl (C=O) groups excluding carboxylic acids is 3. The van der Waals surface area contributed by atoms with E-state index in [4.69, 9.17) is 4.74 Å². The van der Waals surface area contributed by atoms with Crippen molar-refractivity contribution in [3.63, 3.8) is 0 Å². The number of hydrogen-bond donors (Lipinski definition) is 1. The summed E-state index contributed by atoms with van der Waals surface area (Å²) in [5.74, 6) is -1.54. The molecule has 4 rings (SSSR count). The van der Waals surface area contributed by atoms with Gasteiger partial charge in [0.25, 0.3) is 11.8 Å². The van der Waals surface area contributed by atoms with Gasteiger partial charge in [-0.15, -0.1) is 0 Å². The van der Waals surface area contributed by atoms with Gasteiger partial charge in [-0.05, 0) is 55.7 Å². The molecule has 2 aliphatic rings. The summed E-state index contributed by atoms with van der Waals surface area (Å²) in [6.45, 7) is 3.84. The second-order valence-corrected chi connectivity index (χ2v) is 7.29. The predicted molar refractivity (Wildman–Crippen MR) is 114 cm³/mol. The van der Waals surface area contributed by atoms with E-state index in [-0.39, 0.29) is 11.3 Å². The van der Waals surface area contributed by atoms with E-state index < -0.39 is 23.7 Å². The highest BCUT2D eigenvalue weighted by molar-refractivity contribution is 6.39. The largest absolute Gasteiger partial charge is 0.494 e. The molecule has 0 aromatic heterocycles. The Morgan fingerprint density at radius 1 is 1.10 bits per heavy atom. The van der Waals surface area contributed by atoms with Crippen LogP contribution in [0.1, 0.15) is 25.3 Å². The zero-order chi connectivity index (χ0) is 22.0. The highest BCUT2D eigenvalue weighted by Gasteiger charge is 2.37. The van der Waals surface area contributed by atoms with Crippen molar-refractivity contribution < 1.29 is 23.5 Å². The molecular formula is C23H22FN3O4. The Labute approximate surface area is 179 Å². The molecule has 160 valence electrons. The second kappa shape index (κ2) is 8.59. The molecule has 2 heterocycles. The molecule has 0 radical (unpaired) electrons. The van der Waals surface area contributed by atoms with Crippen molar-refractivity contribution in [3.8, 4) is 5.75 Å². The number of nitrogens with zero attached hydrogens (tertiary/aromatic N) is 2. The Bertz CT molecular complexity index is 1080. The number of rotatable bonds is 5. The summed E-state index contributed by atoms with van der Waals surface area (Å²) in [5.41, 5.74) is 0.872. The minimum absolute atomic E-state index is 0.255. The molecule has 4 amide bonds. The molecule has 0 saturated carbocycles. The maximum absolute atomic E-state index is 14.6. The molecular weight excluding hydrogens is 401 g/mol. The van der Waals surface area contributed by atoms with Crippen LogP contribution in [0.4, 0.5) is 20.6 Å². The van der Waals surface area contributed by atoms with Gasteiger partial charge in [0.2, 0.25) is 0 Å². The summed E-state index contributed by atoms with van der Waals surface area (Å²) in [4.78, 5) is 40.6. The maximum atomic E-state index is 14.6. The van der Waals surface area contributed by atoms with E-state index in [1.807, 2.05) is 11.8 Å². The summed E-state index contributed by atoms with van der Waals surface area (Å²) in [6.07, 6.45) is 3.34. The van der Waals surface area contributed by atoms with Crippen LogP contribution < -0.4 is 19.9 Å². The normalized spacial score (nSPS) is 18.0. The average Bonchev–Trinajstić information content (AvgIpc) is 3.26. The van der Waals surface area contributed by atoms with E-state index in [0.717, 1.165) is 30.8 Å². The lowest BCUT2D eigenvalue weighted by Gasteiger charge is -2.26. The molecule has 7 nitrogen and oxygen atoms in total. The molecule has 31 heavy (non-hydrogen) atoms. The second-order valence-electron chi connectivity index (χ2n) is 7.29. The summed E-state index contributed by atoms with van der Waals surface area (Å²) in [6, 6.07) is 10.2. The number of amides is 4. The van der Waals surface area contributed by atoms with Crippen LogP contribution in [0.25, 0.3) is 6.08 Å². The SMILES string of the molecule is CCOc1cccc(N2C(=O)NC(=O)/C(=C\c3ccc(N4CCCC4)c(F)c3)C2=O)c1. The quantitative estimate of drug-likeness (QED) is 0.588.